The first-order valence-electron chi connectivity index (χ1n) is 9.62. The number of fused-ring (bicyclic) bond motifs is 2. The van der Waals surface area contributed by atoms with Gasteiger partial charge in [-0.25, -0.2) is 0 Å². The van der Waals surface area contributed by atoms with Crippen molar-refractivity contribution in [3.8, 4) is 11.1 Å². The number of benzene rings is 5. The van der Waals surface area contributed by atoms with Gasteiger partial charge < -0.3 is 5.32 Å². The van der Waals surface area contributed by atoms with Crippen molar-refractivity contribution in [3.63, 3.8) is 0 Å². The van der Waals surface area contributed by atoms with E-state index in [4.69, 9.17) is 0 Å². The molecule has 0 bridgehead atoms. The lowest BCUT2D eigenvalue weighted by atomic mass is 10.00. The summed E-state index contributed by atoms with van der Waals surface area (Å²) in [6, 6.07) is 36.7. The predicted octanol–water partition coefficient (Wildman–Crippen LogP) is 7.71. The number of rotatable bonds is 3. The Kier molecular flexibility index (Phi) is 4.06. The van der Waals surface area contributed by atoms with E-state index in [0.717, 1.165) is 11.4 Å². The van der Waals surface area contributed by atoms with Crippen molar-refractivity contribution in [2.45, 2.75) is 6.92 Å². The fourth-order valence-electron chi connectivity index (χ4n) is 3.89. The molecular weight excluding hydrogens is 338 g/mol. The van der Waals surface area contributed by atoms with Crippen molar-refractivity contribution in [1.29, 1.82) is 0 Å². The van der Waals surface area contributed by atoms with Crippen LogP contribution in [0.25, 0.3) is 32.7 Å². The Labute approximate surface area is 165 Å². The van der Waals surface area contributed by atoms with Gasteiger partial charge in [-0.1, -0.05) is 72.8 Å². The molecule has 0 aliphatic rings. The molecule has 1 nitrogen and oxygen atoms in total. The van der Waals surface area contributed by atoms with Crippen molar-refractivity contribution in [2.24, 2.45) is 0 Å². The number of anilines is 2. The zero-order chi connectivity index (χ0) is 18.9. The second kappa shape index (κ2) is 6.86. The summed E-state index contributed by atoms with van der Waals surface area (Å²) in [4.78, 5) is 0. The van der Waals surface area contributed by atoms with E-state index in [1.165, 1.54) is 38.2 Å². The standard InChI is InChI=1S/C27H21N/c1-19-8-2-5-14-25(19)23-11-6-13-24(17-23)28-27-15-7-12-22-16-20-9-3-4-10-21(20)18-26(22)27/h2-18,28H,1H3. The lowest BCUT2D eigenvalue weighted by molar-refractivity contribution is 1.45. The topological polar surface area (TPSA) is 12.0 Å². The van der Waals surface area contributed by atoms with Crippen molar-refractivity contribution in [3.05, 3.63) is 109 Å². The predicted molar refractivity (Wildman–Crippen MR) is 121 cm³/mol. The van der Waals surface area contributed by atoms with E-state index in [1.54, 1.807) is 0 Å². The third-order valence-electron chi connectivity index (χ3n) is 5.34. The Morgan fingerprint density at radius 1 is 0.571 bits per heavy atom. The summed E-state index contributed by atoms with van der Waals surface area (Å²) < 4.78 is 0. The summed E-state index contributed by atoms with van der Waals surface area (Å²) in [5.74, 6) is 0. The molecule has 0 unspecified atom stereocenters. The van der Waals surface area contributed by atoms with Gasteiger partial charge in [0, 0.05) is 16.8 Å². The molecule has 0 fully saturated rings. The molecule has 0 aromatic heterocycles. The van der Waals surface area contributed by atoms with E-state index in [1.807, 2.05) is 0 Å². The van der Waals surface area contributed by atoms with E-state index in [2.05, 4.69) is 115 Å². The highest BCUT2D eigenvalue weighted by Crippen LogP contribution is 2.32. The van der Waals surface area contributed by atoms with Crippen LogP contribution in [0, 0.1) is 6.92 Å². The highest BCUT2D eigenvalue weighted by molar-refractivity contribution is 6.04. The second-order valence-electron chi connectivity index (χ2n) is 7.25. The van der Waals surface area contributed by atoms with Crippen molar-refractivity contribution in [1.82, 2.24) is 0 Å². The van der Waals surface area contributed by atoms with E-state index in [-0.39, 0.29) is 0 Å². The lowest BCUT2D eigenvalue weighted by Gasteiger charge is -2.13. The maximum atomic E-state index is 3.64. The van der Waals surface area contributed by atoms with E-state index in [0.29, 0.717) is 0 Å². The summed E-state index contributed by atoms with van der Waals surface area (Å²) in [5.41, 5.74) is 6.02. The number of hydrogen-bond acceptors (Lipinski definition) is 1. The zero-order valence-corrected chi connectivity index (χ0v) is 15.8. The van der Waals surface area contributed by atoms with Crippen LogP contribution >= 0.6 is 0 Å². The molecule has 0 aliphatic heterocycles. The van der Waals surface area contributed by atoms with Gasteiger partial charge in [0.05, 0.1) is 0 Å². The maximum absolute atomic E-state index is 3.64. The van der Waals surface area contributed by atoms with Gasteiger partial charge in [0.2, 0.25) is 0 Å². The first-order valence-corrected chi connectivity index (χ1v) is 9.62. The van der Waals surface area contributed by atoms with Crippen molar-refractivity contribution >= 4 is 32.9 Å². The zero-order valence-electron chi connectivity index (χ0n) is 15.8. The van der Waals surface area contributed by atoms with Gasteiger partial charge in [-0.15, -0.1) is 0 Å². The number of hydrogen-bond donors (Lipinski definition) is 1. The minimum absolute atomic E-state index is 1.10. The fourth-order valence-corrected chi connectivity index (χ4v) is 3.89. The van der Waals surface area contributed by atoms with Crippen LogP contribution in [0.4, 0.5) is 11.4 Å². The van der Waals surface area contributed by atoms with Crippen LogP contribution in [0.15, 0.2) is 103 Å². The Bertz CT molecular complexity index is 1300. The molecule has 1 heteroatoms. The summed E-state index contributed by atoms with van der Waals surface area (Å²) in [7, 11) is 0. The Balaban J connectivity index is 1.58. The SMILES string of the molecule is Cc1ccccc1-c1cccc(Nc2cccc3cc4ccccc4cc23)c1. The fraction of sp³-hybridized carbons (Fsp3) is 0.0370. The average molecular weight is 359 g/mol. The van der Waals surface area contributed by atoms with Crippen molar-refractivity contribution in [2.75, 3.05) is 5.32 Å². The molecule has 0 amide bonds. The highest BCUT2D eigenvalue weighted by atomic mass is 14.9. The van der Waals surface area contributed by atoms with Gasteiger partial charge in [-0.2, -0.15) is 0 Å². The van der Waals surface area contributed by atoms with Crippen LogP contribution in [0.3, 0.4) is 0 Å². The van der Waals surface area contributed by atoms with E-state index in [9.17, 15) is 0 Å². The molecule has 5 aromatic rings. The highest BCUT2D eigenvalue weighted by Gasteiger charge is 2.06. The van der Waals surface area contributed by atoms with Crippen LogP contribution < -0.4 is 5.32 Å². The minimum Gasteiger partial charge on any atom is -0.355 e. The van der Waals surface area contributed by atoms with Gasteiger partial charge in [0.25, 0.3) is 0 Å². The molecule has 0 saturated carbocycles. The molecule has 5 aromatic carbocycles. The molecule has 0 saturated heterocycles. The van der Waals surface area contributed by atoms with Gasteiger partial charge in [0.15, 0.2) is 0 Å². The van der Waals surface area contributed by atoms with Crippen LogP contribution in [-0.4, -0.2) is 0 Å². The van der Waals surface area contributed by atoms with Gasteiger partial charge >= 0.3 is 0 Å². The first-order chi connectivity index (χ1) is 13.8. The molecule has 0 atom stereocenters. The quantitative estimate of drug-likeness (QED) is 0.325. The second-order valence-corrected chi connectivity index (χ2v) is 7.25. The summed E-state index contributed by atoms with van der Waals surface area (Å²) in [6.07, 6.45) is 0. The normalized spacial score (nSPS) is 11.0. The molecule has 134 valence electrons. The Morgan fingerprint density at radius 2 is 1.29 bits per heavy atom. The van der Waals surface area contributed by atoms with Crippen LogP contribution in [0.1, 0.15) is 5.56 Å². The van der Waals surface area contributed by atoms with Crippen LogP contribution in [0.5, 0.6) is 0 Å². The monoisotopic (exact) mass is 359 g/mol. The smallest absolute Gasteiger partial charge is 0.0464 e. The third-order valence-corrected chi connectivity index (χ3v) is 5.34. The average Bonchev–Trinajstić information content (AvgIpc) is 2.73. The molecule has 28 heavy (non-hydrogen) atoms. The van der Waals surface area contributed by atoms with Crippen molar-refractivity contribution < 1.29 is 0 Å². The van der Waals surface area contributed by atoms with E-state index >= 15 is 0 Å². The molecule has 0 heterocycles. The Hall–Kier alpha value is -3.58. The number of nitrogens with one attached hydrogen (secondary N) is 1. The molecule has 0 aliphatic carbocycles. The van der Waals surface area contributed by atoms with E-state index < -0.39 is 0 Å². The summed E-state index contributed by atoms with van der Waals surface area (Å²) >= 11 is 0. The molecule has 0 spiro atoms. The van der Waals surface area contributed by atoms with Gasteiger partial charge in [-0.3, -0.25) is 0 Å². The summed E-state index contributed by atoms with van der Waals surface area (Å²) in [6.45, 7) is 2.16. The summed E-state index contributed by atoms with van der Waals surface area (Å²) in [5, 5.41) is 8.66. The molecule has 0 radical (unpaired) electrons. The number of aryl methyl sites for hydroxylation is 1. The lowest BCUT2D eigenvalue weighted by Crippen LogP contribution is -1.92. The molecule has 5 rings (SSSR count). The maximum Gasteiger partial charge on any atom is 0.0464 e. The third kappa shape index (κ3) is 3.01. The Morgan fingerprint density at radius 3 is 2.14 bits per heavy atom. The van der Waals surface area contributed by atoms with Gasteiger partial charge in [-0.05, 0) is 70.1 Å². The van der Waals surface area contributed by atoms with Gasteiger partial charge in [0.1, 0.15) is 0 Å². The largest absolute Gasteiger partial charge is 0.355 e. The van der Waals surface area contributed by atoms with Crippen LogP contribution in [-0.2, 0) is 0 Å². The van der Waals surface area contributed by atoms with Crippen LogP contribution in [0.2, 0.25) is 0 Å². The first kappa shape index (κ1) is 16.6. The minimum atomic E-state index is 1.10. The molecular formula is C27H21N. The molecule has 1 N–H and O–H groups in total.